The van der Waals surface area contributed by atoms with Gasteiger partial charge in [0.15, 0.2) is 0 Å². The second-order valence-electron chi connectivity index (χ2n) is 5.23. The van der Waals surface area contributed by atoms with Crippen LogP contribution in [0.4, 0.5) is 0 Å². The minimum Gasteiger partial charge on any atom is -0.478 e. The fourth-order valence-corrected chi connectivity index (χ4v) is 3.58. The minimum atomic E-state index is -1.01. The van der Waals surface area contributed by atoms with Crippen molar-refractivity contribution in [3.63, 3.8) is 0 Å². The van der Waals surface area contributed by atoms with Crippen LogP contribution in [0.5, 0.6) is 0 Å². The average Bonchev–Trinajstić information content (AvgIpc) is 3.05. The molecule has 1 aliphatic carbocycles. The highest BCUT2D eigenvalue weighted by Gasteiger charge is 2.30. The van der Waals surface area contributed by atoms with Crippen LogP contribution in [0.15, 0.2) is 28.7 Å². The van der Waals surface area contributed by atoms with Gasteiger partial charge in [-0.15, -0.1) is 0 Å². The van der Waals surface area contributed by atoms with Gasteiger partial charge in [-0.25, -0.2) is 9.48 Å². The SMILES string of the molecule is O=C(O)c1c(C2CCCC2)nn(-c2cccc(Br)c2)c1Cl. The van der Waals surface area contributed by atoms with Gasteiger partial charge in [-0.3, -0.25) is 0 Å². The standard InChI is InChI=1S/C15H14BrClN2O2/c16-10-6-3-7-11(8-10)19-14(17)12(15(20)21)13(18-19)9-4-1-2-5-9/h3,6-9H,1-2,4-5H2,(H,20,21). The molecule has 0 radical (unpaired) electrons. The van der Waals surface area contributed by atoms with Crippen molar-refractivity contribution >= 4 is 33.5 Å². The van der Waals surface area contributed by atoms with E-state index in [9.17, 15) is 9.90 Å². The average molecular weight is 370 g/mol. The maximum Gasteiger partial charge on any atom is 0.340 e. The molecule has 1 N–H and O–H groups in total. The van der Waals surface area contributed by atoms with E-state index in [0.717, 1.165) is 35.8 Å². The van der Waals surface area contributed by atoms with Crippen molar-refractivity contribution in [3.05, 3.63) is 45.1 Å². The summed E-state index contributed by atoms with van der Waals surface area (Å²) in [5.41, 5.74) is 1.51. The van der Waals surface area contributed by atoms with E-state index in [1.807, 2.05) is 24.3 Å². The van der Waals surface area contributed by atoms with Crippen molar-refractivity contribution < 1.29 is 9.90 Å². The molecule has 6 heteroatoms. The molecule has 0 bridgehead atoms. The number of carbonyl (C=O) groups is 1. The number of carboxylic acids is 1. The van der Waals surface area contributed by atoms with Gasteiger partial charge in [0.25, 0.3) is 0 Å². The quantitative estimate of drug-likeness (QED) is 0.857. The predicted octanol–water partition coefficient (Wildman–Crippen LogP) is 4.64. The van der Waals surface area contributed by atoms with Crippen molar-refractivity contribution in [2.45, 2.75) is 31.6 Å². The highest BCUT2D eigenvalue weighted by Crippen LogP contribution is 2.38. The fourth-order valence-electron chi connectivity index (χ4n) is 2.87. The van der Waals surface area contributed by atoms with E-state index >= 15 is 0 Å². The van der Waals surface area contributed by atoms with Gasteiger partial charge < -0.3 is 5.11 Å². The molecule has 1 aromatic carbocycles. The number of nitrogens with zero attached hydrogens (tertiary/aromatic N) is 2. The van der Waals surface area contributed by atoms with Gasteiger partial charge in [0, 0.05) is 10.4 Å². The predicted molar refractivity (Wildman–Crippen MR) is 84.4 cm³/mol. The first-order valence-electron chi connectivity index (χ1n) is 6.85. The van der Waals surface area contributed by atoms with E-state index in [1.165, 1.54) is 4.68 Å². The first kappa shape index (κ1) is 14.6. The molecule has 4 nitrogen and oxygen atoms in total. The van der Waals surface area contributed by atoms with Crippen LogP contribution < -0.4 is 0 Å². The topological polar surface area (TPSA) is 55.1 Å². The Morgan fingerprint density at radius 3 is 2.71 bits per heavy atom. The van der Waals surface area contributed by atoms with Gasteiger partial charge in [0.05, 0.1) is 11.4 Å². The molecule has 0 spiro atoms. The summed E-state index contributed by atoms with van der Waals surface area (Å²) >= 11 is 9.70. The monoisotopic (exact) mass is 368 g/mol. The molecule has 1 aliphatic rings. The van der Waals surface area contributed by atoms with Crippen molar-refractivity contribution in [3.8, 4) is 5.69 Å². The van der Waals surface area contributed by atoms with Crippen LogP contribution in [0.3, 0.4) is 0 Å². The second kappa shape index (κ2) is 5.81. The van der Waals surface area contributed by atoms with Crippen molar-refractivity contribution in [1.29, 1.82) is 0 Å². The molecule has 0 saturated heterocycles. The summed E-state index contributed by atoms with van der Waals surface area (Å²) in [7, 11) is 0. The summed E-state index contributed by atoms with van der Waals surface area (Å²) in [5, 5.41) is 14.2. The zero-order valence-corrected chi connectivity index (χ0v) is 13.6. The number of aromatic carboxylic acids is 1. The van der Waals surface area contributed by atoms with Gasteiger partial charge in [0.2, 0.25) is 0 Å². The smallest absolute Gasteiger partial charge is 0.340 e. The van der Waals surface area contributed by atoms with Crippen molar-refractivity contribution in [2.24, 2.45) is 0 Å². The molecular formula is C15H14BrClN2O2. The number of aromatic nitrogens is 2. The molecule has 0 aliphatic heterocycles. The van der Waals surface area contributed by atoms with Gasteiger partial charge in [-0.1, -0.05) is 46.4 Å². The number of hydrogen-bond acceptors (Lipinski definition) is 2. The van der Waals surface area contributed by atoms with E-state index in [4.69, 9.17) is 11.6 Å². The van der Waals surface area contributed by atoms with E-state index in [0.29, 0.717) is 5.69 Å². The normalized spacial score (nSPS) is 15.5. The zero-order chi connectivity index (χ0) is 15.0. The Labute approximate surface area is 135 Å². The third-order valence-corrected chi connectivity index (χ3v) is 4.71. The second-order valence-corrected chi connectivity index (χ2v) is 6.50. The van der Waals surface area contributed by atoms with Gasteiger partial charge >= 0.3 is 5.97 Å². The largest absolute Gasteiger partial charge is 0.478 e. The molecule has 0 unspecified atom stereocenters. The molecule has 21 heavy (non-hydrogen) atoms. The van der Waals surface area contributed by atoms with Crippen LogP contribution in [0, 0.1) is 0 Å². The first-order valence-corrected chi connectivity index (χ1v) is 8.02. The van der Waals surface area contributed by atoms with Crippen LogP contribution >= 0.6 is 27.5 Å². The first-order chi connectivity index (χ1) is 10.1. The van der Waals surface area contributed by atoms with Crippen molar-refractivity contribution in [2.75, 3.05) is 0 Å². The molecule has 3 rings (SSSR count). The Hall–Kier alpha value is -1.33. The Balaban J connectivity index is 2.14. The lowest BCUT2D eigenvalue weighted by atomic mass is 10.0. The molecule has 1 saturated carbocycles. The summed E-state index contributed by atoms with van der Waals surface area (Å²) in [6, 6.07) is 7.49. The van der Waals surface area contributed by atoms with E-state index in [1.54, 1.807) is 0 Å². The van der Waals surface area contributed by atoms with Crippen LogP contribution in [0.2, 0.25) is 5.15 Å². The minimum absolute atomic E-state index is 0.142. The third-order valence-electron chi connectivity index (χ3n) is 3.86. The number of rotatable bonds is 3. The Morgan fingerprint density at radius 2 is 2.10 bits per heavy atom. The molecule has 1 fully saturated rings. The lowest BCUT2D eigenvalue weighted by Gasteiger charge is -2.06. The van der Waals surface area contributed by atoms with Crippen molar-refractivity contribution in [1.82, 2.24) is 9.78 Å². The Kier molecular flexibility index (Phi) is 4.04. The summed E-state index contributed by atoms with van der Waals surface area (Å²) in [5.74, 6) is -0.815. The fraction of sp³-hybridized carbons (Fsp3) is 0.333. The molecule has 110 valence electrons. The van der Waals surface area contributed by atoms with Crippen LogP contribution in [0.1, 0.15) is 47.7 Å². The molecule has 1 aromatic heterocycles. The molecular weight excluding hydrogens is 356 g/mol. The van der Waals surface area contributed by atoms with E-state index in [2.05, 4.69) is 21.0 Å². The Bertz CT molecular complexity index is 693. The van der Waals surface area contributed by atoms with Gasteiger partial charge in [-0.2, -0.15) is 5.10 Å². The molecule has 1 heterocycles. The number of halogens is 2. The van der Waals surface area contributed by atoms with Crippen LogP contribution in [-0.4, -0.2) is 20.9 Å². The molecule has 0 atom stereocenters. The third kappa shape index (κ3) is 2.72. The number of carboxylic acid groups (broad SMARTS) is 1. The molecule has 2 aromatic rings. The highest BCUT2D eigenvalue weighted by atomic mass is 79.9. The van der Waals surface area contributed by atoms with Crippen LogP contribution in [0.25, 0.3) is 5.69 Å². The molecule has 0 amide bonds. The highest BCUT2D eigenvalue weighted by molar-refractivity contribution is 9.10. The summed E-state index contributed by atoms with van der Waals surface area (Å²) in [6.07, 6.45) is 4.19. The maximum absolute atomic E-state index is 11.6. The maximum atomic E-state index is 11.6. The summed E-state index contributed by atoms with van der Waals surface area (Å²) in [6.45, 7) is 0. The van der Waals surface area contributed by atoms with E-state index in [-0.39, 0.29) is 16.6 Å². The van der Waals surface area contributed by atoms with Gasteiger partial charge in [-0.05, 0) is 31.0 Å². The number of hydrogen-bond donors (Lipinski definition) is 1. The summed E-state index contributed by atoms with van der Waals surface area (Å²) in [4.78, 5) is 11.6. The van der Waals surface area contributed by atoms with Gasteiger partial charge in [0.1, 0.15) is 10.7 Å². The number of benzene rings is 1. The lowest BCUT2D eigenvalue weighted by molar-refractivity contribution is 0.0695. The lowest BCUT2D eigenvalue weighted by Crippen LogP contribution is -2.04. The van der Waals surface area contributed by atoms with Crippen LogP contribution in [-0.2, 0) is 0 Å². The zero-order valence-electron chi connectivity index (χ0n) is 11.2. The Morgan fingerprint density at radius 1 is 1.38 bits per heavy atom. The summed E-state index contributed by atoms with van der Waals surface area (Å²) < 4.78 is 2.41. The van der Waals surface area contributed by atoms with E-state index < -0.39 is 5.97 Å².